The molecule has 0 radical (unpaired) electrons. The Hall–Kier alpha value is -0.990. The van der Waals surface area contributed by atoms with Crippen molar-refractivity contribution in [2.75, 3.05) is 11.9 Å². The van der Waals surface area contributed by atoms with E-state index in [0.717, 1.165) is 29.8 Å². The van der Waals surface area contributed by atoms with Crippen LogP contribution in [0.4, 0.5) is 5.69 Å². The molecule has 1 aromatic rings. The molecule has 1 aliphatic rings. The van der Waals surface area contributed by atoms with Crippen molar-refractivity contribution < 1.29 is 0 Å². The van der Waals surface area contributed by atoms with E-state index in [1.165, 1.54) is 31.4 Å². The van der Waals surface area contributed by atoms with E-state index in [9.17, 15) is 0 Å². The van der Waals surface area contributed by atoms with Crippen LogP contribution in [0.5, 0.6) is 0 Å². The molecule has 0 bridgehead atoms. The van der Waals surface area contributed by atoms with Crippen molar-refractivity contribution in [3.8, 4) is 0 Å². The van der Waals surface area contributed by atoms with Crippen LogP contribution >= 0.6 is 0 Å². The fraction of sp³-hybridized carbons (Fsp3) is 0.769. The number of anilines is 1. The van der Waals surface area contributed by atoms with Gasteiger partial charge in [0.1, 0.15) is 0 Å². The highest BCUT2D eigenvalue weighted by Crippen LogP contribution is 2.29. The maximum Gasteiger partial charge on any atom is 0.0825 e. The van der Waals surface area contributed by atoms with Crippen LogP contribution in [0, 0.1) is 25.7 Å². The van der Waals surface area contributed by atoms with Crippen molar-refractivity contribution in [3.05, 3.63) is 11.4 Å². The van der Waals surface area contributed by atoms with Crippen LogP contribution in [0.2, 0.25) is 0 Å². The Bertz CT molecular complexity index is 323. The van der Waals surface area contributed by atoms with Gasteiger partial charge in [0, 0.05) is 6.54 Å². The Morgan fingerprint density at radius 3 is 2.81 bits per heavy atom. The van der Waals surface area contributed by atoms with E-state index in [1.54, 1.807) is 0 Å². The second kappa shape index (κ2) is 4.89. The molecule has 3 nitrogen and oxygen atoms in total. The van der Waals surface area contributed by atoms with Gasteiger partial charge in [0.05, 0.1) is 17.1 Å². The highest BCUT2D eigenvalue weighted by atomic mass is 15.1. The van der Waals surface area contributed by atoms with Crippen molar-refractivity contribution >= 4 is 5.69 Å². The topological polar surface area (TPSA) is 40.7 Å². The zero-order valence-corrected chi connectivity index (χ0v) is 10.6. The molecule has 0 amide bonds. The molecule has 1 aromatic heterocycles. The molecule has 0 saturated heterocycles. The number of nitrogens with zero attached hydrogens (tertiary/aromatic N) is 1. The second-order valence-corrected chi connectivity index (χ2v) is 5.33. The number of hydrogen-bond acceptors (Lipinski definition) is 2. The van der Waals surface area contributed by atoms with Crippen molar-refractivity contribution in [3.63, 3.8) is 0 Å². The largest absolute Gasteiger partial charge is 0.382 e. The molecular weight excluding hydrogens is 198 g/mol. The molecule has 3 heteroatoms. The summed E-state index contributed by atoms with van der Waals surface area (Å²) >= 11 is 0. The van der Waals surface area contributed by atoms with Gasteiger partial charge in [0.15, 0.2) is 0 Å². The molecule has 1 fully saturated rings. The van der Waals surface area contributed by atoms with Crippen LogP contribution in [0.1, 0.15) is 44.0 Å². The highest BCUT2D eigenvalue weighted by Gasteiger charge is 2.19. The molecule has 90 valence electrons. The van der Waals surface area contributed by atoms with E-state index >= 15 is 0 Å². The van der Waals surface area contributed by atoms with Crippen molar-refractivity contribution in [2.45, 2.75) is 46.5 Å². The number of aromatic amines is 1. The van der Waals surface area contributed by atoms with Gasteiger partial charge < -0.3 is 5.32 Å². The maximum absolute atomic E-state index is 4.21. The fourth-order valence-electron chi connectivity index (χ4n) is 2.80. The SMILES string of the molecule is Cc1n[nH]c(C)c1NCC1CCCC(C)C1. The molecule has 2 rings (SSSR count). The van der Waals surface area contributed by atoms with Gasteiger partial charge in [0.2, 0.25) is 0 Å². The Kier molecular flexibility index (Phi) is 3.52. The summed E-state index contributed by atoms with van der Waals surface area (Å²) in [5.74, 6) is 1.75. The van der Waals surface area contributed by atoms with Crippen LogP contribution in [0.3, 0.4) is 0 Å². The number of aromatic nitrogens is 2. The first-order valence-electron chi connectivity index (χ1n) is 6.42. The van der Waals surface area contributed by atoms with Crippen LogP contribution in [-0.4, -0.2) is 16.7 Å². The molecule has 0 aliphatic heterocycles. The molecule has 0 spiro atoms. The molecule has 2 unspecified atom stereocenters. The van der Waals surface area contributed by atoms with Gasteiger partial charge in [-0.15, -0.1) is 0 Å². The van der Waals surface area contributed by atoms with Crippen LogP contribution in [-0.2, 0) is 0 Å². The molecule has 16 heavy (non-hydrogen) atoms. The molecule has 1 aliphatic carbocycles. The summed E-state index contributed by atoms with van der Waals surface area (Å²) in [6, 6.07) is 0. The van der Waals surface area contributed by atoms with Gasteiger partial charge in [0.25, 0.3) is 0 Å². The Balaban J connectivity index is 1.87. The average molecular weight is 221 g/mol. The Labute approximate surface area is 98.0 Å². The van der Waals surface area contributed by atoms with Gasteiger partial charge in [-0.3, -0.25) is 5.10 Å². The lowest BCUT2D eigenvalue weighted by atomic mass is 9.82. The average Bonchev–Trinajstić information content (AvgIpc) is 2.56. The summed E-state index contributed by atoms with van der Waals surface area (Å²) in [5.41, 5.74) is 3.45. The van der Waals surface area contributed by atoms with Crippen LogP contribution in [0.25, 0.3) is 0 Å². The minimum absolute atomic E-state index is 0.845. The molecule has 0 aromatic carbocycles. The van der Waals surface area contributed by atoms with E-state index < -0.39 is 0 Å². The molecular formula is C13H23N3. The van der Waals surface area contributed by atoms with E-state index in [4.69, 9.17) is 0 Å². The smallest absolute Gasteiger partial charge is 0.0825 e. The van der Waals surface area contributed by atoms with Gasteiger partial charge in [-0.2, -0.15) is 5.10 Å². The normalized spacial score (nSPS) is 25.7. The summed E-state index contributed by atoms with van der Waals surface area (Å²) in [5, 5.41) is 10.8. The zero-order valence-electron chi connectivity index (χ0n) is 10.6. The quantitative estimate of drug-likeness (QED) is 0.822. The Morgan fingerprint density at radius 1 is 1.38 bits per heavy atom. The van der Waals surface area contributed by atoms with E-state index in [0.29, 0.717) is 0 Å². The van der Waals surface area contributed by atoms with E-state index in [-0.39, 0.29) is 0 Å². The predicted octanol–water partition coefficient (Wildman–Crippen LogP) is 3.26. The van der Waals surface area contributed by atoms with Crippen molar-refractivity contribution in [2.24, 2.45) is 11.8 Å². The first-order chi connectivity index (χ1) is 7.66. The van der Waals surface area contributed by atoms with Gasteiger partial charge >= 0.3 is 0 Å². The lowest BCUT2D eigenvalue weighted by Gasteiger charge is -2.27. The molecule has 2 atom stereocenters. The third-order valence-corrected chi connectivity index (χ3v) is 3.74. The lowest BCUT2D eigenvalue weighted by molar-refractivity contribution is 0.293. The van der Waals surface area contributed by atoms with E-state index in [2.05, 4.69) is 36.3 Å². The van der Waals surface area contributed by atoms with Crippen LogP contribution < -0.4 is 5.32 Å². The molecule has 2 N–H and O–H groups in total. The number of aryl methyl sites for hydroxylation is 2. The van der Waals surface area contributed by atoms with Gasteiger partial charge in [-0.25, -0.2) is 0 Å². The third kappa shape index (κ3) is 2.57. The summed E-state index contributed by atoms with van der Waals surface area (Å²) in [6.07, 6.45) is 5.58. The monoisotopic (exact) mass is 221 g/mol. The fourth-order valence-corrected chi connectivity index (χ4v) is 2.80. The third-order valence-electron chi connectivity index (χ3n) is 3.74. The maximum atomic E-state index is 4.21. The minimum atomic E-state index is 0.845. The summed E-state index contributed by atoms with van der Waals surface area (Å²) in [4.78, 5) is 0. The summed E-state index contributed by atoms with van der Waals surface area (Å²) in [7, 11) is 0. The number of hydrogen-bond donors (Lipinski definition) is 2. The second-order valence-electron chi connectivity index (χ2n) is 5.33. The zero-order chi connectivity index (χ0) is 11.5. The number of nitrogens with one attached hydrogen (secondary N) is 2. The highest BCUT2D eigenvalue weighted by molar-refractivity contribution is 5.51. The minimum Gasteiger partial charge on any atom is -0.382 e. The first-order valence-corrected chi connectivity index (χ1v) is 6.42. The van der Waals surface area contributed by atoms with Crippen LogP contribution in [0.15, 0.2) is 0 Å². The first kappa shape index (κ1) is 11.5. The lowest BCUT2D eigenvalue weighted by Crippen LogP contribution is -2.21. The van der Waals surface area contributed by atoms with Crippen molar-refractivity contribution in [1.29, 1.82) is 0 Å². The summed E-state index contributed by atoms with van der Waals surface area (Å²) < 4.78 is 0. The van der Waals surface area contributed by atoms with Crippen molar-refractivity contribution in [1.82, 2.24) is 10.2 Å². The molecule has 1 saturated carbocycles. The summed E-state index contributed by atoms with van der Waals surface area (Å²) in [6.45, 7) is 7.60. The number of rotatable bonds is 3. The van der Waals surface area contributed by atoms with Gasteiger partial charge in [-0.05, 0) is 38.5 Å². The predicted molar refractivity (Wildman–Crippen MR) is 67.7 cm³/mol. The standard InChI is InChI=1S/C13H23N3/c1-9-5-4-6-12(7-9)8-14-13-10(2)15-16-11(13)3/h9,12,14H,4-8H2,1-3H3,(H,15,16). The van der Waals surface area contributed by atoms with Gasteiger partial charge in [-0.1, -0.05) is 19.8 Å². The number of H-pyrrole nitrogens is 1. The Morgan fingerprint density at radius 2 is 2.19 bits per heavy atom. The van der Waals surface area contributed by atoms with E-state index in [1.807, 2.05) is 0 Å². The molecule has 1 heterocycles.